The van der Waals surface area contributed by atoms with Gasteiger partial charge in [0, 0.05) is 18.6 Å². The van der Waals surface area contributed by atoms with E-state index in [1.807, 2.05) is 62.4 Å². The molecule has 1 amide bonds. The Balaban J connectivity index is 1.71. The minimum Gasteiger partial charge on any atom is -0.345 e. The Kier molecular flexibility index (Phi) is 5.70. The molecule has 8 nitrogen and oxygen atoms in total. The lowest BCUT2D eigenvalue weighted by Crippen LogP contribution is -2.36. The number of hydrogen-bond donors (Lipinski definition) is 2. The van der Waals surface area contributed by atoms with Gasteiger partial charge in [-0.3, -0.25) is 24.4 Å². The van der Waals surface area contributed by atoms with Gasteiger partial charge in [0.05, 0.1) is 23.5 Å². The molecule has 0 bridgehead atoms. The molecule has 0 radical (unpaired) electrons. The van der Waals surface area contributed by atoms with Gasteiger partial charge in [-0.1, -0.05) is 36.4 Å². The number of carbonyl (C=O) groups excluding carboxylic acids is 1. The van der Waals surface area contributed by atoms with Gasteiger partial charge in [-0.2, -0.15) is 0 Å². The average Bonchev–Trinajstić information content (AvgIpc) is 2.87. The lowest BCUT2D eigenvalue weighted by atomic mass is 10.1. The number of nitrogens with zero attached hydrogens (tertiary/aromatic N) is 4. The van der Waals surface area contributed by atoms with E-state index in [1.54, 1.807) is 29.2 Å². The lowest BCUT2D eigenvalue weighted by molar-refractivity contribution is 0.0937. The first kappa shape index (κ1) is 22.2. The first-order valence-corrected chi connectivity index (χ1v) is 11.3. The molecule has 1 atom stereocenters. The van der Waals surface area contributed by atoms with E-state index in [0.29, 0.717) is 11.3 Å². The fraction of sp³-hybridized carbons (Fsp3) is 0.148. The van der Waals surface area contributed by atoms with Crippen LogP contribution in [0.2, 0.25) is 0 Å². The molecule has 2 N–H and O–H groups in total. The van der Waals surface area contributed by atoms with E-state index in [0.717, 1.165) is 16.7 Å². The standard InChI is InChI=1S/C27H24N6O2/c1-17-7-6-14-32-24(17)31-25-22(27(32)35)15-21(23(28)33(25)16-19-10-12-29-13-11-19)26(34)30-18(2)20-8-4-3-5-9-20/h3-15,18,28H,16H2,1-2H3,(H,30,34). The topological polar surface area (TPSA) is 105 Å². The van der Waals surface area contributed by atoms with Crippen LogP contribution in [-0.4, -0.2) is 24.8 Å². The molecule has 174 valence electrons. The highest BCUT2D eigenvalue weighted by molar-refractivity contribution is 5.97. The normalized spacial score (nSPS) is 12.1. The molecule has 0 aliphatic rings. The number of benzene rings is 1. The van der Waals surface area contributed by atoms with Crippen LogP contribution in [0.3, 0.4) is 0 Å². The highest BCUT2D eigenvalue weighted by Crippen LogP contribution is 2.16. The number of fused-ring (bicyclic) bond motifs is 2. The minimum absolute atomic E-state index is 0.0168. The van der Waals surface area contributed by atoms with Crippen molar-refractivity contribution < 1.29 is 4.79 Å². The van der Waals surface area contributed by atoms with Crippen LogP contribution in [-0.2, 0) is 6.54 Å². The summed E-state index contributed by atoms with van der Waals surface area (Å²) in [5.74, 6) is -0.425. The second-order valence-electron chi connectivity index (χ2n) is 8.49. The number of amides is 1. The quantitative estimate of drug-likeness (QED) is 0.389. The third-order valence-electron chi connectivity index (χ3n) is 6.12. The summed E-state index contributed by atoms with van der Waals surface area (Å²) in [6.45, 7) is 4.03. The summed E-state index contributed by atoms with van der Waals surface area (Å²) in [5.41, 5.74) is 3.34. The molecule has 4 heterocycles. The number of carbonyl (C=O) groups is 1. The molecule has 5 aromatic rings. The third kappa shape index (κ3) is 4.10. The summed E-state index contributed by atoms with van der Waals surface area (Å²) in [7, 11) is 0. The number of pyridine rings is 3. The van der Waals surface area contributed by atoms with Gasteiger partial charge in [0.1, 0.15) is 16.8 Å². The highest BCUT2D eigenvalue weighted by atomic mass is 16.2. The second-order valence-corrected chi connectivity index (χ2v) is 8.49. The fourth-order valence-corrected chi connectivity index (χ4v) is 4.19. The van der Waals surface area contributed by atoms with Crippen molar-refractivity contribution >= 4 is 22.6 Å². The van der Waals surface area contributed by atoms with Crippen molar-refractivity contribution in [2.24, 2.45) is 0 Å². The van der Waals surface area contributed by atoms with Gasteiger partial charge >= 0.3 is 0 Å². The smallest absolute Gasteiger partial charge is 0.267 e. The zero-order valence-corrected chi connectivity index (χ0v) is 19.4. The van der Waals surface area contributed by atoms with Gasteiger partial charge in [-0.05, 0) is 54.8 Å². The third-order valence-corrected chi connectivity index (χ3v) is 6.12. The SMILES string of the molecule is Cc1cccn2c(=O)c3cc(C(=O)NC(C)c4ccccc4)c(=N)n(Cc4ccncc4)c3nc12. The lowest BCUT2D eigenvalue weighted by Gasteiger charge is -2.17. The van der Waals surface area contributed by atoms with E-state index in [1.165, 1.54) is 10.5 Å². The first-order chi connectivity index (χ1) is 16.9. The van der Waals surface area contributed by atoms with Gasteiger partial charge in [-0.25, -0.2) is 4.98 Å². The molecule has 0 aliphatic heterocycles. The Hall–Kier alpha value is -4.59. The minimum atomic E-state index is -0.425. The molecule has 0 saturated heterocycles. The van der Waals surface area contributed by atoms with Crippen LogP contribution in [0.15, 0.2) is 84.0 Å². The molecule has 35 heavy (non-hydrogen) atoms. The van der Waals surface area contributed by atoms with E-state index in [2.05, 4.69) is 10.3 Å². The zero-order valence-electron chi connectivity index (χ0n) is 19.4. The van der Waals surface area contributed by atoms with E-state index in [4.69, 9.17) is 10.4 Å². The molecule has 5 rings (SSSR count). The van der Waals surface area contributed by atoms with Crippen LogP contribution < -0.4 is 16.4 Å². The Morgan fingerprint density at radius 3 is 2.54 bits per heavy atom. The van der Waals surface area contributed by atoms with Gasteiger partial charge in [0.25, 0.3) is 11.5 Å². The maximum Gasteiger partial charge on any atom is 0.267 e. The second kappa shape index (κ2) is 8.98. The molecule has 1 unspecified atom stereocenters. The predicted molar refractivity (Wildman–Crippen MR) is 133 cm³/mol. The van der Waals surface area contributed by atoms with Crippen LogP contribution in [0.5, 0.6) is 0 Å². The Labute approximate surface area is 201 Å². The maximum absolute atomic E-state index is 13.5. The van der Waals surface area contributed by atoms with Gasteiger partial charge < -0.3 is 9.88 Å². The zero-order chi connectivity index (χ0) is 24.5. The van der Waals surface area contributed by atoms with Crippen molar-refractivity contribution in [3.63, 3.8) is 0 Å². The molecular formula is C27H24N6O2. The average molecular weight is 465 g/mol. The van der Waals surface area contributed by atoms with Crippen molar-refractivity contribution in [2.75, 3.05) is 0 Å². The monoisotopic (exact) mass is 464 g/mol. The summed E-state index contributed by atoms with van der Waals surface area (Å²) in [5, 5.41) is 12.2. The first-order valence-electron chi connectivity index (χ1n) is 11.3. The Morgan fingerprint density at radius 2 is 1.80 bits per heavy atom. The van der Waals surface area contributed by atoms with Gasteiger partial charge in [0.15, 0.2) is 0 Å². The molecule has 0 saturated carbocycles. The molecule has 1 aromatic carbocycles. The van der Waals surface area contributed by atoms with Gasteiger partial charge in [0.2, 0.25) is 0 Å². The fourth-order valence-electron chi connectivity index (χ4n) is 4.19. The summed E-state index contributed by atoms with van der Waals surface area (Å²) in [6, 6.07) is 18.2. The van der Waals surface area contributed by atoms with Crippen LogP contribution in [0.4, 0.5) is 0 Å². The molecule has 8 heteroatoms. The molecule has 4 aromatic heterocycles. The molecule has 0 fully saturated rings. The summed E-state index contributed by atoms with van der Waals surface area (Å²) in [4.78, 5) is 35.6. The maximum atomic E-state index is 13.5. The van der Waals surface area contributed by atoms with Crippen molar-refractivity contribution in [3.05, 3.63) is 117 Å². The summed E-state index contributed by atoms with van der Waals surface area (Å²) >= 11 is 0. The van der Waals surface area contributed by atoms with Gasteiger partial charge in [-0.15, -0.1) is 0 Å². The van der Waals surface area contributed by atoms with Crippen LogP contribution >= 0.6 is 0 Å². The molecule has 0 spiro atoms. The summed E-state index contributed by atoms with van der Waals surface area (Å²) < 4.78 is 3.09. The number of rotatable bonds is 5. The van der Waals surface area contributed by atoms with Crippen molar-refractivity contribution in [3.8, 4) is 0 Å². The Bertz CT molecular complexity index is 1670. The number of hydrogen-bond acceptors (Lipinski definition) is 5. The van der Waals surface area contributed by atoms with Crippen molar-refractivity contribution in [1.29, 1.82) is 5.41 Å². The van der Waals surface area contributed by atoms with E-state index in [9.17, 15) is 9.59 Å². The van der Waals surface area contributed by atoms with Crippen molar-refractivity contribution in [1.82, 2.24) is 24.3 Å². The largest absolute Gasteiger partial charge is 0.345 e. The van der Waals surface area contributed by atoms with Crippen LogP contribution in [0, 0.1) is 12.3 Å². The number of aryl methyl sites for hydroxylation is 1. The van der Waals surface area contributed by atoms with Crippen LogP contribution in [0.1, 0.15) is 40.0 Å². The van der Waals surface area contributed by atoms with Crippen LogP contribution in [0.25, 0.3) is 16.7 Å². The number of aromatic nitrogens is 4. The Morgan fingerprint density at radius 1 is 1.06 bits per heavy atom. The highest BCUT2D eigenvalue weighted by Gasteiger charge is 2.20. The summed E-state index contributed by atoms with van der Waals surface area (Å²) in [6.07, 6.45) is 5.00. The van der Waals surface area contributed by atoms with E-state index >= 15 is 0 Å². The molecule has 0 aliphatic carbocycles. The molecular weight excluding hydrogens is 440 g/mol. The number of nitrogens with one attached hydrogen (secondary N) is 2. The predicted octanol–water partition coefficient (Wildman–Crippen LogP) is 3.37. The van der Waals surface area contributed by atoms with Crippen molar-refractivity contribution in [2.45, 2.75) is 26.4 Å². The van der Waals surface area contributed by atoms with E-state index < -0.39 is 5.91 Å². The van der Waals surface area contributed by atoms with E-state index in [-0.39, 0.29) is 34.6 Å².